The summed E-state index contributed by atoms with van der Waals surface area (Å²) in [5.74, 6) is 0. The summed E-state index contributed by atoms with van der Waals surface area (Å²) < 4.78 is 0. The molecule has 4 nitrogen and oxygen atoms in total. The quantitative estimate of drug-likeness (QED) is 0.630. The van der Waals surface area contributed by atoms with Crippen LogP contribution in [0, 0.1) is 13.8 Å². The summed E-state index contributed by atoms with van der Waals surface area (Å²) in [6.07, 6.45) is 0. The van der Waals surface area contributed by atoms with Gasteiger partial charge in [-0.3, -0.25) is 4.79 Å². The normalized spacial score (nSPS) is 10.5. The lowest BCUT2D eigenvalue weighted by Crippen LogP contribution is -2.08. The van der Waals surface area contributed by atoms with Crippen molar-refractivity contribution in [2.45, 2.75) is 23.9 Å². The van der Waals surface area contributed by atoms with Crippen LogP contribution in [0.1, 0.15) is 11.3 Å². The molecule has 0 aliphatic heterocycles. The first kappa shape index (κ1) is 11.7. The second kappa shape index (κ2) is 4.63. The number of benzene rings is 1. The molecule has 5 heteroatoms. The second-order valence-electron chi connectivity index (χ2n) is 3.84. The summed E-state index contributed by atoms with van der Waals surface area (Å²) in [5, 5.41) is 0.562. The zero-order valence-corrected chi connectivity index (χ0v) is 10.5. The topological polar surface area (TPSA) is 71.8 Å². The molecule has 1 heterocycles. The molecule has 0 atom stereocenters. The third-order valence-corrected chi connectivity index (χ3v) is 3.18. The maximum absolute atomic E-state index is 11.3. The Morgan fingerprint density at radius 1 is 1.29 bits per heavy atom. The Labute approximate surface area is 103 Å². The van der Waals surface area contributed by atoms with Gasteiger partial charge in [0, 0.05) is 22.3 Å². The van der Waals surface area contributed by atoms with Gasteiger partial charge in [0.2, 0.25) is 0 Å². The Morgan fingerprint density at radius 3 is 2.76 bits per heavy atom. The number of aromatic amines is 1. The van der Waals surface area contributed by atoms with Crippen molar-refractivity contribution in [3.8, 4) is 0 Å². The molecule has 0 saturated heterocycles. The number of hydrogen-bond donors (Lipinski definition) is 2. The fourth-order valence-corrected chi connectivity index (χ4v) is 2.41. The first-order valence-electron chi connectivity index (χ1n) is 5.16. The molecule has 0 spiro atoms. The van der Waals surface area contributed by atoms with Gasteiger partial charge in [-0.05, 0) is 43.3 Å². The summed E-state index contributed by atoms with van der Waals surface area (Å²) in [6, 6.07) is 7.24. The Hall–Kier alpha value is -1.75. The van der Waals surface area contributed by atoms with Crippen LogP contribution in [0.2, 0.25) is 0 Å². The zero-order valence-electron chi connectivity index (χ0n) is 9.65. The van der Waals surface area contributed by atoms with Crippen LogP contribution in [-0.2, 0) is 0 Å². The highest BCUT2D eigenvalue weighted by Crippen LogP contribution is 2.29. The Morgan fingerprint density at radius 2 is 2.06 bits per heavy atom. The minimum atomic E-state index is -0.147. The molecule has 0 unspecified atom stereocenters. The van der Waals surface area contributed by atoms with Crippen LogP contribution in [0.15, 0.2) is 39.1 Å². The largest absolute Gasteiger partial charge is 0.398 e. The van der Waals surface area contributed by atoms with Crippen molar-refractivity contribution in [1.82, 2.24) is 9.97 Å². The average Bonchev–Trinajstić information content (AvgIpc) is 2.22. The lowest BCUT2D eigenvalue weighted by Gasteiger charge is -2.06. The number of aromatic nitrogens is 2. The van der Waals surface area contributed by atoms with Crippen molar-refractivity contribution in [3.05, 3.63) is 45.9 Å². The predicted molar refractivity (Wildman–Crippen MR) is 69.3 cm³/mol. The number of aryl methyl sites for hydroxylation is 2. The fraction of sp³-hybridized carbons (Fsp3) is 0.167. The number of nitrogen functional groups attached to an aromatic ring is 1. The van der Waals surface area contributed by atoms with E-state index >= 15 is 0 Å². The Kier molecular flexibility index (Phi) is 3.19. The number of nitrogens with zero attached hydrogens (tertiary/aromatic N) is 1. The van der Waals surface area contributed by atoms with E-state index in [2.05, 4.69) is 9.97 Å². The highest BCUT2D eigenvalue weighted by atomic mass is 32.2. The number of H-pyrrole nitrogens is 1. The van der Waals surface area contributed by atoms with Crippen molar-refractivity contribution >= 4 is 17.4 Å². The van der Waals surface area contributed by atoms with E-state index in [9.17, 15) is 4.79 Å². The molecule has 0 saturated carbocycles. The van der Waals surface area contributed by atoms with Crippen LogP contribution in [0.25, 0.3) is 0 Å². The number of nitrogens with one attached hydrogen (secondary N) is 1. The third kappa shape index (κ3) is 2.88. The molecular formula is C12H13N3OS. The number of hydrogen-bond acceptors (Lipinski definition) is 4. The molecule has 0 aliphatic carbocycles. The van der Waals surface area contributed by atoms with E-state index in [1.165, 1.54) is 17.8 Å². The molecule has 17 heavy (non-hydrogen) atoms. The SMILES string of the molecule is Cc1ccc(N)c(Sc2nc(C)cc(=O)[nH]2)c1. The van der Waals surface area contributed by atoms with Crippen LogP contribution in [0.5, 0.6) is 0 Å². The standard InChI is InChI=1S/C12H13N3OS/c1-7-3-4-9(13)10(5-7)17-12-14-8(2)6-11(16)15-12/h3-6H,13H2,1-2H3,(H,14,15,16). The maximum atomic E-state index is 11.3. The zero-order chi connectivity index (χ0) is 12.4. The van der Waals surface area contributed by atoms with Crippen molar-refractivity contribution in [3.63, 3.8) is 0 Å². The summed E-state index contributed by atoms with van der Waals surface area (Å²) in [6.45, 7) is 3.79. The Balaban J connectivity index is 2.37. The van der Waals surface area contributed by atoms with Crippen molar-refractivity contribution in [2.75, 3.05) is 5.73 Å². The van der Waals surface area contributed by atoms with Gasteiger partial charge < -0.3 is 10.7 Å². The molecule has 1 aromatic heterocycles. The second-order valence-corrected chi connectivity index (χ2v) is 4.87. The minimum Gasteiger partial charge on any atom is -0.398 e. The van der Waals surface area contributed by atoms with Crippen LogP contribution in [-0.4, -0.2) is 9.97 Å². The first-order chi connectivity index (χ1) is 8.04. The molecule has 0 aliphatic rings. The monoisotopic (exact) mass is 247 g/mol. The fourth-order valence-electron chi connectivity index (χ4n) is 1.43. The van der Waals surface area contributed by atoms with Crippen molar-refractivity contribution in [1.29, 1.82) is 0 Å². The minimum absolute atomic E-state index is 0.147. The predicted octanol–water partition coefficient (Wildman–Crippen LogP) is 2.12. The molecule has 0 amide bonds. The van der Waals surface area contributed by atoms with Crippen molar-refractivity contribution in [2.24, 2.45) is 0 Å². The lowest BCUT2D eigenvalue weighted by atomic mass is 10.2. The molecule has 1 aromatic carbocycles. The first-order valence-corrected chi connectivity index (χ1v) is 5.98. The van der Waals surface area contributed by atoms with Gasteiger partial charge >= 0.3 is 0 Å². The summed E-state index contributed by atoms with van der Waals surface area (Å²) in [5.41, 5.74) is 8.23. The number of nitrogens with two attached hydrogens (primary N) is 1. The lowest BCUT2D eigenvalue weighted by molar-refractivity contribution is 0.905. The van der Waals surface area contributed by atoms with Gasteiger partial charge in [0.15, 0.2) is 5.16 Å². The number of anilines is 1. The van der Waals surface area contributed by atoms with Crippen molar-refractivity contribution < 1.29 is 0 Å². The van der Waals surface area contributed by atoms with Gasteiger partial charge in [0.25, 0.3) is 5.56 Å². The molecular weight excluding hydrogens is 234 g/mol. The van der Waals surface area contributed by atoms with E-state index in [0.29, 0.717) is 16.5 Å². The molecule has 0 fully saturated rings. The van der Waals surface area contributed by atoms with E-state index in [1.807, 2.05) is 25.1 Å². The molecule has 2 aromatic rings. The van der Waals surface area contributed by atoms with E-state index in [1.54, 1.807) is 6.92 Å². The molecule has 0 bridgehead atoms. The summed E-state index contributed by atoms with van der Waals surface area (Å²) >= 11 is 1.37. The van der Waals surface area contributed by atoms with Crippen LogP contribution in [0.4, 0.5) is 5.69 Å². The van der Waals surface area contributed by atoms with E-state index in [-0.39, 0.29) is 5.56 Å². The average molecular weight is 247 g/mol. The van der Waals surface area contributed by atoms with E-state index in [0.717, 1.165) is 10.5 Å². The van der Waals surface area contributed by atoms with Gasteiger partial charge in [0.05, 0.1) is 0 Å². The molecule has 2 rings (SSSR count). The highest BCUT2D eigenvalue weighted by Gasteiger charge is 2.05. The van der Waals surface area contributed by atoms with Gasteiger partial charge in [-0.15, -0.1) is 0 Å². The highest BCUT2D eigenvalue weighted by molar-refractivity contribution is 7.99. The molecule has 3 N–H and O–H groups in total. The summed E-state index contributed by atoms with van der Waals surface area (Å²) in [7, 11) is 0. The van der Waals surface area contributed by atoms with Crippen LogP contribution in [0.3, 0.4) is 0 Å². The van der Waals surface area contributed by atoms with Crippen LogP contribution >= 0.6 is 11.8 Å². The summed E-state index contributed by atoms with van der Waals surface area (Å²) in [4.78, 5) is 19.2. The maximum Gasteiger partial charge on any atom is 0.251 e. The third-order valence-electron chi connectivity index (χ3n) is 2.22. The number of rotatable bonds is 2. The Bertz CT molecular complexity index is 607. The van der Waals surface area contributed by atoms with Crippen LogP contribution < -0.4 is 11.3 Å². The van der Waals surface area contributed by atoms with E-state index in [4.69, 9.17) is 5.73 Å². The molecule has 0 radical (unpaired) electrons. The van der Waals surface area contributed by atoms with Gasteiger partial charge in [-0.2, -0.15) is 0 Å². The van der Waals surface area contributed by atoms with E-state index < -0.39 is 0 Å². The van der Waals surface area contributed by atoms with Gasteiger partial charge in [0.1, 0.15) is 0 Å². The molecule has 88 valence electrons. The van der Waals surface area contributed by atoms with Gasteiger partial charge in [-0.1, -0.05) is 6.07 Å². The smallest absolute Gasteiger partial charge is 0.251 e. The van der Waals surface area contributed by atoms with Gasteiger partial charge in [-0.25, -0.2) is 4.98 Å².